The maximum atomic E-state index is 12.3. The lowest BCUT2D eigenvalue weighted by atomic mass is 9.85. The van der Waals surface area contributed by atoms with Crippen molar-refractivity contribution in [2.24, 2.45) is 23.4 Å². The number of nitrogens with one attached hydrogen (secondary N) is 1. The van der Waals surface area contributed by atoms with Crippen molar-refractivity contribution >= 4 is 11.7 Å². The van der Waals surface area contributed by atoms with Gasteiger partial charge in [0, 0.05) is 24.8 Å². The Kier molecular flexibility index (Phi) is 4.75. The Morgan fingerprint density at radius 1 is 1.55 bits per heavy atom. The number of oxime groups is 1. The van der Waals surface area contributed by atoms with E-state index >= 15 is 0 Å². The van der Waals surface area contributed by atoms with Crippen LogP contribution in [0.4, 0.5) is 0 Å². The van der Waals surface area contributed by atoms with Crippen molar-refractivity contribution in [1.82, 2.24) is 15.1 Å². The Labute approximate surface area is 118 Å². The van der Waals surface area contributed by atoms with E-state index in [1.165, 1.54) is 0 Å². The number of hydrogen-bond donors (Lipinski definition) is 3. The predicted molar refractivity (Wildman–Crippen MR) is 76.3 cm³/mol. The zero-order valence-corrected chi connectivity index (χ0v) is 12.7. The zero-order chi connectivity index (χ0) is 15.5. The molecule has 7 nitrogen and oxygen atoms in total. The fourth-order valence-electron chi connectivity index (χ4n) is 2.01. The molecule has 0 aromatic carbocycles. The first kappa shape index (κ1) is 16.0. The highest BCUT2D eigenvalue weighted by atomic mass is 16.4. The molecule has 1 rings (SSSR count). The third-order valence-electron chi connectivity index (χ3n) is 3.97. The molecule has 7 heteroatoms. The lowest BCUT2D eigenvalue weighted by molar-refractivity contribution is -0.127. The molecule has 1 amide bonds. The Bertz CT molecular complexity index is 535. The second-order valence-electron chi connectivity index (χ2n) is 5.13. The molecule has 112 valence electrons. The largest absolute Gasteiger partial charge is 0.409 e. The fraction of sp³-hybridized carbons (Fsp3) is 0.615. The van der Waals surface area contributed by atoms with E-state index in [2.05, 4.69) is 15.6 Å². The monoisotopic (exact) mass is 281 g/mol. The summed E-state index contributed by atoms with van der Waals surface area (Å²) in [6.45, 7) is 7.69. The number of amidine groups is 1. The van der Waals surface area contributed by atoms with E-state index in [0.717, 1.165) is 17.0 Å². The highest BCUT2D eigenvalue weighted by molar-refractivity contribution is 6.06. The Hall–Kier alpha value is -2.05. The number of carbonyl (C=O) groups excluding carboxylic acids is 1. The third-order valence-corrected chi connectivity index (χ3v) is 3.97. The molecule has 0 aliphatic rings. The number of nitrogens with two attached hydrogens (primary N) is 1. The molecular formula is C13H23N5O2. The van der Waals surface area contributed by atoms with Gasteiger partial charge in [-0.1, -0.05) is 12.1 Å². The number of hydrogen-bond acceptors (Lipinski definition) is 4. The maximum Gasteiger partial charge on any atom is 0.233 e. The lowest BCUT2D eigenvalue weighted by Crippen LogP contribution is -2.47. The molecule has 0 aliphatic carbocycles. The summed E-state index contributed by atoms with van der Waals surface area (Å²) in [6, 6.07) is 0. The standard InChI is InChI=1S/C13H23N5O2/c1-6-13(4,11(14)17-20)12(19)15-7-10-8(2)16-18(5)9(10)3/h20H,6-7H2,1-5H3,(H2,14,17)(H,15,19). The van der Waals surface area contributed by atoms with Gasteiger partial charge in [-0.25, -0.2) is 0 Å². The van der Waals surface area contributed by atoms with Crippen LogP contribution >= 0.6 is 0 Å². The molecule has 0 bridgehead atoms. The maximum absolute atomic E-state index is 12.3. The van der Waals surface area contributed by atoms with Gasteiger partial charge in [-0.15, -0.1) is 0 Å². The van der Waals surface area contributed by atoms with E-state index in [1.807, 2.05) is 27.8 Å². The first-order chi connectivity index (χ1) is 9.27. The summed E-state index contributed by atoms with van der Waals surface area (Å²) in [6.07, 6.45) is 0.444. The summed E-state index contributed by atoms with van der Waals surface area (Å²) >= 11 is 0. The topological polar surface area (TPSA) is 106 Å². The molecule has 0 saturated carbocycles. The first-order valence-corrected chi connectivity index (χ1v) is 6.53. The Balaban J connectivity index is 2.86. The predicted octanol–water partition coefficient (Wildman–Crippen LogP) is 0.816. The van der Waals surface area contributed by atoms with Crippen LogP contribution in [0.2, 0.25) is 0 Å². The molecule has 0 aliphatic heterocycles. The minimum absolute atomic E-state index is 0.0860. The van der Waals surface area contributed by atoms with E-state index in [4.69, 9.17) is 10.9 Å². The Morgan fingerprint density at radius 2 is 2.15 bits per heavy atom. The van der Waals surface area contributed by atoms with E-state index in [9.17, 15) is 4.79 Å². The molecule has 0 fully saturated rings. The van der Waals surface area contributed by atoms with Crippen molar-refractivity contribution in [3.8, 4) is 0 Å². The first-order valence-electron chi connectivity index (χ1n) is 6.53. The van der Waals surface area contributed by atoms with Crippen molar-refractivity contribution in [3.05, 3.63) is 17.0 Å². The van der Waals surface area contributed by atoms with Crippen LogP contribution in [0.25, 0.3) is 0 Å². The van der Waals surface area contributed by atoms with E-state index < -0.39 is 5.41 Å². The van der Waals surface area contributed by atoms with Gasteiger partial charge in [-0.2, -0.15) is 5.10 Å². The van der Waals surface area contributed by atoms with Gasteiger partial charge in [0.25, 0.3) is 0 Å². The van der Waals surface area contributed by atoms with Crippen molar-refractivity contribution < 1.29 is 10.0 Å². The van der Waals surface area contributed by atoms with E-state index in [-0.39, 0.29) is 11.7 Å². The average molecular weight is 281 g/mol. The molecule has 0 saturated heterocycles. The summed E-state index contributed by atoms with van der Waals surface area (Å²) in [5.41, 5.74) is 7.47. The number of amides is 1. The van der Waals surface area contributed by atoms with E-state index in [1.54, 1.807) is 11.6 Å². The summed E-state index contributed by atoms with van der Waals surface area (Å²) in [7, 11) is 1.86. The van der Waals surface area contributed by atoms with Crippen molar-refractivity contribution in [1.29, 1.82) is 0 Å². The minimum atomic E-state index is -1.02. The number of nitrogens with zero attached hydrogens (tertiary/aromatic N) is 3. The van der Waals surface area contributed by atoms with Gasteiger partial charge in [0.2, 0.25) is 5.91 Å². The van der Waals surface area contributed by atoms with Crippen LogP contribution in [0.5, 0.6) is 0 Å². The van der Waals surface area contributed by atoms with Gasteiger partial charge >= 0.3 is 0 Å². The van der Waals surface area contributed by atoms with Gasteiger partial charge in [0.1, 0.15) is 5.41 Å². The molecule has 20 heavy (non-hydrogen) atoms. The average Bonchev–Trinajstić information content (AvgIpc) is 2.67. The van der Waals surface area contributed by atoms with Crippen LogP contribution in [-0.4, -0.2) is 26.7 Å². The molecule has 1 aromatic heterocycles. The van der Waals surface area contributed by atoms with Crippen LogP contribution < -0.4 is 11.1 Å². The smallest absolute Gasteiger partial charge is 0.233 e. The summed E-state index contributed by atoms with van der Waals surface area (Å²) in [4.78, 5) is 12.3. The third kappa shape index (κ3) is 2.76. The molecule has 1 aromatic rings. The molecule has 0 spiro atoms. The van der Waals surface area contributed by atoms with Crippen molar-refractivity contribution in [2.75, 3.05) is 0 Å². The summed E-state index contributed by atoms with van der Waals surface area (Å²) in [5, 5.41) is 18.9. The zero-order valence-electron chi connectivity index (χ0n) is 12.7. The number of aryl methyl sites for hydroxylation is 2. The minimum Gasteiger partial charge on any atom is -0.409 e. The molecular weight excluding hydrogens is 258 g/mol. The second kappa shape index (κ2) is 5.94. The molecule has 1 heterocycles. The van der Waals surface area contributed by atoms with Crippen LogP contribution in [-0.2, 0) is 18.4 Å². The molecule has 4 N–H and O–H groups in total. The van der Waals surface area contributed by atoms with Crippen LogP contribution in [0.15, 0.2) is 5.16 Å². The lowest BCUT2D eigenvalue weighted by Gasteiger charge is -2.25. The normalized spacial score (nSPS) is 14.9. The number of rotatable bonds is 5. The summed E-state index contributed by atoms with van der Waals surface area (Å²) < 4.78 is 1.78. The second-order valence-corrected chi connectivity index (χ2v) is 5.13. The van der Waals surface area contributed by atoms with Gasteiger partial charge in [0.05, 0.1) is 5.69 Å². The van der Waals surface area contributed by atoms with Gasteiger partial charge in [-0.3, -0.25) is 9.48 Å². The van der Waals surface area contributed by atoms with Crippen molar-refractivity contribution in [3.63, 3.8) is 0 Å². The van der Waals surface area contributed by atoms with Gasteiger partial charge in [-0.05, 0) is 27.2 Å². The highest BCUT2D eigenvalue weighted by Gasteiger charge is 2.36. The Morgan fingerprint density at radius 3 is 2.55 bits per heavy atom. The number of carbonyl (C=O) groups is 1. The van der Waals surface area contributed by atoms with Gasteiger partial charge < -0.3 is 16.3 Å². The van der Waals surface area contributed by atoms with Gasteiger partial charge in [0.15, 0.2) is 5.84 Å². The SMILES string of the molecule is CCC(C)(C(=O)NCc1c(C)nn(C)c1C)C(N)=NO. The molecule has 1 unspecified atom stereocenters. The van der Waals surface area contributed by atoms with Crippen LogP contribution in [0.1, 0.15) is 37.2 Å². The molecule has 1 atom stereocenters. The number of aromatic nitrogens is 2. The molecule has 0 radical (unpaired) electrons. The quantitative estimate of drug-likeness (QED) is 0.321. The van der Waals surface area contributed by atoms with E-state index in [0.29, 0.717) is 13.0 Å². The van der Waals surface area contributed by atoms with Crippen molar-refractivity contribution in [2.45, 2.75) is 40.7 Å². The fourth-order valence-corrected chi connectivity index (χ4v) is 2.01. The summed E-state index contributed by atoms with van der Waals surface area (Å²) in [5.74, 6) is -0.352. The highest BCUT2D eigenvalue weighted by Crippen LogP contribution is 2.22. The van der Waals surface area contributed by atoms with Crippen LogP contribution in [0.3, 0.4) is 0 Å². The van der Waals surface area contributed by atoms with Crippen LogP contribution in [0, 0.1) is 19.3 Å².